The predicted octanol–water partition coefficient (Wildman–Crippen LogP) is 3.64. The maximum absolute atomic E-state index is 13.4. The lowest BCUT2D eigenvalue weighted by atomic mass is 9.53. The van der Waals surface area contributed by atoms with E-state index in [1.165, 1.54) is 7.05 Å². The molecule has 2 unspecified atom stereocenters. The standard InChI is InChI=1S/C27H32N2O6/c1-5-34-22-14-27(26(22,2)3,24(32)29(4)15-23(30)31)28-25(33)35-16-21-19-12-8-6-10-17(19)18-11-7-9-13-20(18)21/h6-13,21-22H,5,14-16H2,1-4H3,(H,28,33)(H,30,31). The molecule has 0 saturated heterocycles. The third kappa shape index (κ3) is 4.16. The Labute approximate surface area is 205 Å². The molecule has 2 atom stereocenters. The number of carboxylic acid groups (broad SMARTS) is 1. The highest BCUT2D eigenvalue weighted by molar-refractivity contribution is 5.94. The van der Waals surface area contributed by atoms with Gasteiger partial charge >= 0.3 is 12.1 Å². The number of ether oxygens (including phenoxy) is 2. The molecule has 2 aliphatic carbocycles. The smallest absolute Gasteiger partial charge is 0.408 e. The van der Waals surface area contributed by atoms with Crippen LogP contribution in [0.5, 0.6) is 0 Å². The minimum Gasteiger partial charge on any atom is -0.480 e. The van der Waals surface area contributed by atoms with E-state index >= 15 is 0 Å². The summed E-state index contributed by atoms with van der Waals surface area (Å²) in [7, 11) is 1.42. The van der Waals surface area contributed by atoms with Crippen LogP contribution < -0.4 is 5.32 Å². The number of nitrogens with one attached hydrogen (secondary N) is 1. The number of amides is 2. The molecular weight excluding hydrogens is 448 g/mol. The molecule has 1 fully saturated rings. The van der Waals surface area contributed by atoms with Gasteiger partial charge in [0, 0.05) is 31.4 Å². The fourth-order valence-electron chi connectivity index (χ4n) is 5.45. The average molecular weight is 481 g/mol. The highest BCUT2D eigenvalue weighted by Crippen LogP contribution is 2.52. The van der Waals surface area contributed by atoms with Crippen LogP contribution in [0.15, 0.2) is 48.5 Å². The number of carbonyl (C=O) groups is 3. The van der Waals surface area contributed by atoms with Gasteiger partial charge in [0.05, 0.1) is 6.10 Å². The van der Waals surface area contributed by atoms with E-state index < -0.39 is 35.5 Å². The number of hydrogen-bond acceptors (Lipinski definition) is 5. The Hall–Kier alpha value is -3.39. The largest absolute Gasteiger partial charge is 0.480 e. The van der Waals surface area contributed by atoms with Gasteiger partial charge < -0.3 is 24.8 Å². The summed E-state index contributed by atoms with van der Waals surface area (Å²) in [6.45, 7) is 5.66. The lowest BCUT2D eigenvalue weighted by Crippen LogP contribution is -2.78. The second-order valence-electron chi connectivity index (χ2n) is 9.78. The van der Waals surface area contributed by atoms with Gasteiger partial charge in [-0.1, -0.05) is 62.4 Å². The van der Waals surface area contributed by atoms with E-state index in [9.17, 15) is 19.5 Å². The van der Waals surface area contributed by atoms with E-state index in [1.54, 1.807) is 0 Å². The lowest BCUT2D eigenvalue weighted by Gasteiger charge is -2.59. The molecule has 2 N–H and O–H groups in total. The third-order valence-corrected chi connectivity index (χ3v) is 7.51. The normalized spacial score (nSPS) is 21.9. The van der Waals surface area contributed by atoms with Gasteiger partial charge in [-0.2, -0.15) is 0 Å². The summed E-state index contributed by atoms with van der Waals surface area (Å²) in [5.41, 5.74) is 2.33. The van der Waals surface area contributed by atoms with Crippen molar-refractivity contribution in [3.05, 3.63) is 59.7 Å². The quantitative estimate of drug-likeness (QED) is 0.598. The summed E-state index contributed by atoms with van der Waals surface area (Å²) in [5.74, 6) is -1.72. The van der Waals surface area contributed by atoms with Crippen LogP contribution in [0.2, 0.25) is 0 Å². The molecule has 0 radical (unpaired) electrons. The average Bonchev–Trinajstić information content (AvgIpc) is 3.14. The Morgan fingerprint density at radius 1 is 1.06 bits per heavy atom. The van der Waals surface area contributed by atoms with Crippen molar-refractivity contribution in [2.24, 2.45) is 5.41 Å². The fourth-order valence-corrected chi connectivity index (χ4v) is 5.45. The summed E-state index contributed by atoms with van der Waals surface area (Å²) in [6.07, 6.45) is -0.739. The molecule has 1 saturated carbocycles. The Bertz CT molecular complexity index is 1100. The van der Waals surface area contributed by atoms with Gasteiger partial charge in [0.25, 0.3) is 0 Å². The zero-order valence-electron chi connectivity index (χ0n) is 20.5. The van der Waals surface area contributed by atoms with Crippen molar-refractivity contribution in [3.8, 4) is 11.1 Å². The van der Waals surface area contributed by atoms with Crippen LogP contribution >= 0.6 is 0 Å². The third-order valence-electron chi connectivity index (χ3n) is 7.51. The van der Waals surface area contributed by atoms with Crippen LogP contribution in [0.25, 0.3) is 11.1 Å². The van der Waals surface area contributed by atoms with Gasteiger partial charge in [0.2, 0.25) is 5.91 Å². The lowest BCUT2D eigenvalue weighted by molar-refractivity contribution is -0.185. The van der Waals surface area contributed by atoms with E-state index in [1.807, 2.05) is 57.2 Å². The minimum absolute atomic E-state index is 0.111. The summed E-state index contributed by atoms with van der Waals surface area (Å²) in [5, 5.41) is 12.0. The van der Waals surface area contributed by atoms with Crippen LogP contribution in [0, 0.1) is 5.41 Å². The Morgan fingerprint density at radius 3 is 2.14 bits per heavy atom. The van der Waals surface area contributed by atoms with Gasteiger partial charge in [-0.15, -0.1) is 0 Å². The number of aliphatic carboxylic acids is 1. The molecule has 35 heavy (non-hydrogen) atoms. The van der Waals surface area contributed by atoms with Crippen LogP contribution in [0.3, 0.4) is 0 Å². The molecule has 2 aliphatic rings. The number of benzene rings is 2. The van der Waals surface area contributed by atoms with Crippen molar-refractivity contribution in [3.63, 3.8) is 0 Å². The molecule has 2 amide bonds. The number of nitrogens with zero attached hydrogens (tertiary/aromatic N) is 1. The first-order valence-corrected chi connectivity index (χ1v) is 11.8. The molecule has 4 rings (SSSR count). The molecule has 0 aliphatic heterocycles. The van der Waals surface area contributed by atoms with Crippen molar-refractivity contribution in [1.29, 1.82) is 0 Å². The Kier molecular flexibility index (Phi) is 6.60. The molecule has 8 heteroatoms. The van der Waals surface area contributed by atoms with Crippen LogP contribution in [0.4, 0.5) is 4.79 Å². The van der Waals surface area contributed by atoms with E-state index in [2.05, 4.69) is 17.4 Å². The summed E-state index contributed by atoms with van der Waals surface area (Å²) in [4.78, 5) is 38.8. The zero-order chi connectivity index (χ0) is 25.4. The Balaban J connectivity index is 1.53. The fraction of sp³-hybridized carbons (Fsp3) is 0.444. The first-order chi connectivity index (χ1) is 16.6. The molecule has 0 bridgehead atoms. The van der Waals surface area contributed by atoms with Crippen molar-refractivity contribution < 1.29 is 29.0 Å². The molecule has 186 valence electrons. The van der Waals surface area contributed by atoms with E-state index in [-0.39, 0.29) is 25.0 Å². The number of fused-ring (bicyclic) bond motifs is 3. The van der Waals surface area contributed by atoms with Gasteiger partial charge in [-0.25, -0.2) is 4.79 Å². The van der Waals surface area contributed by atoms with Gasteiger partial charge in [-0.05, 0) is 29.2 Å². The van der Waals surface area contributed by atoms with Gasteiger partial charge in [-0.3, -0.25) is 9.59 Å². The molecule has 2 aromatic rings. The molecule has 8 nitrogen and oxygen atoms in total. The van der Waals surface area contributed by atoms with Crippen molar-refractivity contribution >= 4 is 18.0 Å². The van der Waals surface area contributed by atoms with E-state index in [4.69, 9.17) is 9.47 Å². The van der Waals surface area contributed by atoms with Crippen molar-refractivity contribution in [2.45, 2.75) is 44.8 Å². The van der Waals surface area contributed by atoms with Crippen LogP contribution in [-0.2, 0) is 19.1 Å². The number of alkyl carbamates (subject to hydrolysis) is 1. The van der Waals surface area contributed by atoms with Crippen molar-refractivity contribution in [1.82, 2.24) is 10.2 Å². The van der Waals surface area contributed by atoms with Crippen LogP contribution in [-0.4, -0.2) is 66.4 Å². The molecule has 0 aromatic heterocycles. The minimum atomic E-state index is -1.33. The van der Waals surface area contributed by atoms with Crippen molar-refractivity contribution in [2.75, 3.05) is 26.8 Å². The highest BCUT2D eigenvalue weighted by Gasteiger charge is 2.67. The monoisotopic (exact) mass is 480 g/mol. The topological polar surface area (TPSA) is 105 Å². The molecular formula is C27H32N2O6. The highest BCUT2D eigenvalue weighted by atomic mass is 16.5. The number of carboxylic acids is 1. The second kappa shape index (κ2) is 9.34. The van der Waals surface area contributed by atoms with Gasteiger partial charge in [0.15, 0.2) is 0 Å². The Morgan fingerprint density at radius 2 is 1.63 bits per heavy atom. The maximum Gasteiger partial charge on any atom is 0.408 e. The summed E-state index contributed by atoms with van der Waals surface area (Å²) < 4.78 is 11.5. The zero-order valence-corrected chi connectivity index (χ0v) is 20.5. The first-order valence-electron chi connectivity index (χ1n) is 11.8. The number of likely N-dealkylation sites (N-methyl/N-ethyl adjacent to an activating group) is 1. The number of rotatable bonds is 8. The number of carbonyl (C=O) groups excluding carboxylic acids is 2. The molecule has 0 spiro atoms. The summed E-state index contributed by atoms with van der Waals surface area (Å²) in [6, 6.07) is 16.1. The molecule has 2 aromatic carbocycles. The summed E-state index contributed by atoms with van der Waals surface area (Å²) >= 11 is 0. The van der Waals surface area contributed by atoms with E-state index in [0.717, 1.165) is 27.2 Å². The molecule has 0 heterocycles. The second-order valence-corrected chi connectivity index (χ2v) is 9.78. The SMILES string of the molecule is CCOC1CC(NC(=O)OCC2c3ccccc3-c3ccccc32)(C(=O)N(C)CC(=O)O)C1(C)C. The van der Waals surface area contributed by atoms with Crippen LogP contribution in [0.1, 0.15) is 44.2 Å². The van der Waals surface area contributed by atoms with E-state index in [0.29, 0.717) is 6.61 Å². The first kappa shape index (κ1) is 24.7. The van der Waals surface area contributed by atoms with Gasteiger partial charge in [0.1, 0.15) is 18.7 Å². The predicted molar refractivity (Wildman–Crippen MR) is 130 cm³/mol. The number of hydrogen-bond donors (Lipinski definition) is 2. The maximum atomic E-state index is 13.4.